The molecule has 1 N–H and O–H groups in total. The van der Waals surface area contributed by atoms with Gasteiger partial charge in [0.1, 0.15) is 0 Å². The van der Waals surface area contributed by atoms with E-state index in [-0.39, 0.29) is 12.3 Å². The molecule has 24 heavy (non-hydrogen) atoms. The quantitative estimate of drug-likeness (QED) is 0.410. The molecule has 126 valence electrons. The van der Waals surface area contributed by atoms with Gasteiger partial charge in [-0.05, 0) is 36.1 Å². The first kappa shape index (κ1) is 18.2. The summed E-state index contributed by atoms with van der Waals surface area (Å²) in [5.74, 6) is -0.124. The molecule has 2 aromatic carbocycles. The van der Waals surface area contributed by atoms with E-state index in [0.717, 1.165) is 42.5 Å². The SMILES string of the molecule is CCCCC/C(=N\NC(=O)Cc1ccc(Cl)cc1)c1ccccc1. The second-order valence-electron chi connectivity index (χ2n) is 5.72. The summed E-state index contributed by atoms with van der Waals surface area (Å²) in [6, 6.07) is 17.3. The summed E-state index contributed by atoms with van der Waals surface area (Å²) >= 11 is 5.86. The number of nitrogens with one attached hydrogen (secondary N) is 1. The zero-order chi connectivity index (χ0) is 17.2. The second-order valence-corrected chi connectivity index (χ2v) is 6.16. The van der Waals surface area contributed by atoms with Crippen LogP contribution in [0.25, 0.3) is 0 Å². The van der Waals surface area contributed by atoms with Crippen LogP contribution < -0.4 is 5.43 Å². The number of unbranched alkanes of at least 4 members (excludes halogenated alkanes) is 2. The van der Waals surface area contributed by atoms with E-state index in [2.05, 4.69) is 17.5 Å². The second kappa shape index (κ2) is 9.89. The van der Waals surface area contributed by atoms with Crippen LogP contribution in [0, 0.1) is 0 Å². The van der Waals surface area contributed by atoms with Crippen LogP contribution in [0.15, 0.2) is 59.7 Å². The van der Waals surface area contributed by atoms with Crippen molar-refractivity contribution in [2.75, 3.05) is 0 Å². The number of nitrogens with zero attached hydrogens (tertiary/aromatic N) is 1. The molecular weight excluding hydrogens is 320 g/mol. The monoisotopic (exact) mass is 342 g/mol. The molecule has 0 spiro atoms. The predicted octanol–water partition coefficient (Wildman–Crippen LogP) is 4.98. The van der Waals surface area contributed by atoms with Crippen LogP contribution in [0.1, 0.15) is 43.7 Å². The molecule has 0 saturated heterocycles. The number of hydrogen-bond donors (Lipinski definition) is 1. The van der Waals surface area contributed by atoms with Crippen molar-refractivity contribution in [1.82, 2.24) is 5.43 Å². The summed E-state index contributed by atoms with van der Waals surface area (Å²) in [6.07, 6.45) is 4.53. The Morgan fingerprint density at radius 3 is 2.42 bits per heavy atom. The van der Waals surface area contributed by atoms with Crippen LogP contribution >= 0.6 is 11.6 Å². The van der Waals surface area contributed by atoms with Crippen molar-refractivity contribution in [2.45, 2.75) is 39.0 Å². The van der Waals surface area contributed by atoms with Crippen molar-refractivity contribution >= 4 is 23.2 Å². The third-order valence-electron chi connectivity index (χ3n) is 3.72. The highest BCUT2D eigenvalue weighted by atomic mass is 35.5. The Bertz CT molecular complexity index is 666. The molecule has 3 nitrogen and oxygen atoms in total. The highest BCUT2D eigenvalue weighted by molar-refractivity contribution is 6.30. The maximum Gasteiger partial charge on any atom is 0.244 e. The zero-order valence-electron chi connectivity index (χ0n) is 14.0. The lowest BCUT2D eigenvalue weighted by atomic mass is 10.0. The van der Waals surface area contributed by atoms with E-state index in [1.54, 1.807) is 12.1 Å². The molecule has 0 heterocycles. The number of carbonyl (C=O) groups is 1. The minimum absolute atomic E-state index is 0.124. The normalized spacial score (nSPS) is 11.3. The molecule has 0 aliphatic heterocycles. The fraction of sp³-hybridized carbons (Fsp3) is 0.300. The topological polar surface area (TPSA) is 41.5 Å². The molecule has 0 unspecified atom stereocenters. The summed E-state index contributed by atoms with van der Waals surface area (Å²) in [5, 5.41) is 5.04. The standard InChI is InChI=1S/C20H23ClN2O/c1-2-3-5-10-19(17-8-6-4-7-9-17)22-23-20(24)15-16-11-13-18(21)14-12-16/h4,6-9,11-14H,2-3,5,10,15H2,1H3,(H,23,24)/b22-19+. The molecular formula is C20H23ClN2O. The lowest BCUT2D eigenvalue weighted by Gasteiger charge is -2.08. The van der Waals surface area contributed by atoms with E-state index in [9.17, 15) is 4.79 Å². The molecule has 0 aliphatic rings. The highest BCUT2D eigenvalue weighted by Gasteiger charge is 2.06. The fourth-order valence-corrected chi connectivity index (χ4v) is 2.52. The largest absolute Gasteiger partial charge is 0.273 e. The van der Waals surface area contributed by atoms with E-state index >= 15 is 0 Å². The van der Waals surface area contributed by atoms with Crippen LogP contribution in [0.4, 0.5) is 0 Å². The Morgan fingerprint density at radius 1 is 1.04 bits per heavy atom. The zero-order valence-corrected chi connectivity index (χ0v) is 14.7. The summed E-state index contributed by atoms with van der Waals surface area (Å²) in [5.41, 5.74) is 5.58. The molecule has 0 atom stereocenters. The maximum atomic E-state index is 12.1. The average Bonchev–Trinajstić information content (AvgIpc) is 2.61. The van der Waals surface area contributed by atoms with Gasteiger partial charge in [0.05, 0.1) is 12.1 Å². The number of rotatable bonds is 8. The molecule has 0 radical (unpaired) electrons. The van der Waals surface area contributed by atoms with Crippen molar-refractivity contribution in [3.63, 3.8) is 0 Å². The minimum Gasteiger partial charge on any atom is -0.273 e. The molecule has 2 aromatic rings. The van der Waals surface area contributed by atoms with Gasteiger partial charge in [-0.1, -0.05) is 73.8 Å². The number of benzene rings is 2. The molecule has 0 fully saturated rings. The van der Waals surface area contributed by atoms with Gasteiger partial charge in [-0.2, -0.15) is 5.10 Å². The van der Waals surface area contributed by atoms with Gasteiger partial charge in [-0.15, -0.1) is 0 Å². The van der Waals surface area contributed by atoms with Gasteiger partial charge in [0.25, 0.3) is 0 Å². The Labute approximate surface area is 148 Å². The first-order valence-corrected chi connectivity index (χ1v) is 8.72. The molecule has 4 heteroatoms. The summed E-state index contributed by atoms with van der Waals surface area (Å²) in [6.45, 7) is 2.17. The van der Waals surface area contributed by atoms with Crippen molar-refractivity contribution in [1.29, 1.82) is 0 Å². The van der Waals surface area contributed by atoms with Crippen LogP contribution in [-0.4, -0.2) is 11.6 Å². The summed E-state index contributed by atoms with van der Waals surface area (Å²) in [4.78, 5) is 12.1. The van der Waals surface area contributed by atoms with Gasteiger partial charge in [-0.3, -0.25) is 4.79 Å². The number of amides is 1. The van der Waals surface area contributed by atoms with Crippen LogP contribution in [0.5, 0.6) is 0 Å². The Kier molecular flexibility index (Phi) is 7.50. The van der Waals surface area contributed by atoms with Gasteiger partial charge < -0.3 is 0 Å². The molecule has 0 bridgehead atoms. The highest BCUT2D eigenvalue weighted by Crippen LogP contribution is 2.11. The van der Waals surface area contributed by atoms with Crippen molar-refractivity contribution in [3.8, 4) is 0 Å². The van der Waals surface area contributed by atoms with E-state index in [0.29, 0.717) is 5.02 Å². The van der Waals surface area contributed by atoms with Gasteiger partial charge in [-0.25, -0.2) is 5.43 Å². The smallest absolute Gasteiger partial charge is 0.244 e. The van der Waals surface area contributed by atoms with Crippen LogP contribution in [0.3, 0.4) is 0 Å². The van der Waals surface area contributed by atoms with Crippen molar-refractivity contribution in [2.24, 2.45) is 5.10 Å². The molecule has 0 aromatic heterocycles. The number of halogens is 1. The first-order valence-electron chi connectivity index (χ1n) is 8.34. The van der Waals surface area contributed by atoms with E-state index in [4.69, 9.17) is 11.6 Å². The van der Waals surface area contributed by atoms with Gasteiger partial charge in [0.15, 0.2) is 0 Å². The van der Waals surface area contributed by atoms with E-state index in [1.165, 1.54) is 0 Å². The number of hydrogen-bond acceptors (Lipinski definition) is 2. The average molecular weight is 343 g/mol. The Hall–Kier alpha value is -2.13. The fourth-order valence-electron chi connectivity index (χ4n) is 2.39. The van der Waals surface area contributed by atoms with Crippen LogP contribution in [0.2, 0.25) is 5.02 Å². The third-order valence-corrected chi connectivity index (χ3v) is 3.97. The summed E-state index contributed by atoms with van der Waals surface area (Å²) < 4.78 is 0. The van der Waals surface area contributed by atoms with Crippen molar-refractivity contribution in [3.05, 3.63) is 70.7 Å². The minimum atomic E-state index is -0.124. The lowest BCUT2D eigenvalue weighted by molar-refractivity contribution is -0.120. The van der Waals surface area contributed by atoms with Crippen molar-refractivity contribution < 1.29 is 4.79 Å². The van der Waals surface area contributed by atoms with Gasteiger partial charge in [0, 0.05) is 5.02 Å². The molecule has 2 rings (SSSR count). The molecule has 1 amide bonds. The number of carbonyl (C=O) groups excluding carboxylic acids is 1. The maximum absolute atomic E-state index is 12.1. The third kappa shape index (κ3) is 6.17. The van der Waals surface area contributed by atoms with Gasteiger partial charge in [0.2, 0.25) is 5.91 Å². The lowest BCUT2D eigenvalue weighted by Crippen LogP contribution is -2.22. The summed E-state index contributed by atoms with van der Waals surface area (Å²) in [7, 11) is 0. The van der Waals surface area contributed by atoms with E-state index < -0.39 is 0 Å². The van der Waals surface area contributed by atoms with Crippen LogP contribution in [-0.2, 0) is 11.2 Å². The molecule has 0 aliphatic carbocycles. The Balaban J connectivity index is 2.00. The molecule has 0 saturated carbocycles. The van der Waals surface area contributed by atoms with Gasteiger partial charge >= 0.3 is 0 Å². The Morgan fingerprint density at radius 2 is 1.75 bits per heavy atom. The number of hydrazone groups is 1. The first-order chi connectivity index (χ1) is 11.7. The van der Waals surface area contributed by atoms with E-state index in [1.807, 2.05) is 42.5 Å². The predicted molar refractivity (Wildman–Crippen MR) is 100 cm³/mol.